The summed E-state index contributed by atoms with van der Waals surface area (Å²) in [6, 6.07) is 15.9. The average Bonchev–Trinajstić information content (AvgIpc) is 3.24. The topological polar surface area (TPSA) is 86.7 Å². The normalized spacial score (nSPS) is 18.6. The highest BCUT2D eigenvalue weighted by Gasteiger charge is 2.40. The van der Waals surface area contributed by atoms with E-state index in [4.69, 9.17) is 0 Å². The van der Waals surface area contributed by atoms with Crippen molar-refractivity contribution in [1.29, 1.82) is 0 Å². The Morgan fingerprint density at radius 3 is 2.39 bits per heavy atom. The number of benzene rings is 2. The number of carbonyl (C=O) groups excluding carboxylic acids is 1. The lowest BCUT2D eigenvalue weighted by Crippen LogP contribution is -2.45. The van der Waals surface area contributed by atoms with Gasteiger partial charge in [0.05, 0.1) is 10.9 Å². The Bertz CT molecular complexity index is 986. The van der Waals surface area contributed by atoms with Crippen LogP contribution >= 0.6 is 11.8 Å². The summed E-state index contributed by atoms with van der Waals surface area (Å²) < 4.78 is 27.8. The Morgan fingerprint density at radius 2 is 1.81 bits per heavy atom. The lowest BCUT2D eigenvalue weighted by atomic mass is 9.87. The number of thioether (sulfide) groups is 1. The maximum absolute atomic E-state index is 13.3. The first-order chi connectivity index (χ1) is 14.6. The molecule has 1 fully saturated rings. The lowest BCUT2D eigenvalue weighted by molar-refractivity contribution is -0.123. The van der Waals surface area contributed by atoms with Crippen LogP contribution in [0, 0.1) is 0 Å². The number of nitrogens with zero attached hydrogens (tertiary/aromatic N) is 1. The summed E-state index contributed by atoms with van der Waals surface area (Å²) in [7, 11) is -3.81. The second-order valence-electron chi connectivity index (χ2n) is 8.60. The molecule has 1 heterocycles. The predicted molar refractivity (Wildman–Crippen MR) is 124 cm³/mol. The van der Waals surface area contributed by atoms with E-state index in [1.807, 2.05) is 42.5 Å². The zero-order valence-corrected chi connectivity index (χ0v) is 19.7. The van der Waals surface area contributed by atoms with E-state index in [0.717, 1.165) is 11.1 Å². The van der Waals surface area contributed by atoms with E-state index in [-0.39, 0.29) is 35.4 Å². The highest BCUT2D eigenvalue weighted by Crippen LogP contribution is 2.32. The largest absolute Gasteiger partial charge is 0.396 e. The molecule has 1 amide bonds. The number of amides is 1. The second-order valence-corrected chi connectivity index (χ2v) is 11.7. The molecule has 1 aliphatic heterocycles. The molecular weight excluding hydrogens is 432 g/mol. The van der Waals surface area contributed by atoms with Crippen LogP contribution in [-0.2, 0) is 20.2 Å². The third-order valence-electron chi connectivity index (χ3n) is 5.34. The van der Waals surface area contributed by atoms with E-state index in [1.165, 1.54) is 16.1 Å². The molecule has 1 aliphatic rings. The van der Waals surface area contributed by atoms with E-state index in [1.54, 1.807) is 12.1 Å². The molecule has 2 N–H and O–H groups in total. The van der Waals surface area contributed by atoms with Crippen molar-refractivity contribution >= 4 is 27.7 Å². The predicted octanol–water partition coefficient (Wildman–Crippen LogP) is 3.29. The molecule has 0 bridgehead atoms. The summed E-state index contributed by atoms with van der Waals surface area (Å²) >= 11 is 1.32. The van der Waals surface area contributed by atoms with Crippen molar-refractivity contribution in [3.63, 3.8) is 0 Å². The molecule has 0 saturated carbocycles. The summed E-state index contributed by atoms with van der Waals surface area (Å²) in [4.78, 5) is 13.2. The number of aliphatic hydroxyl groups excluding tert-OH is 1. The van der Waals surface area contributed by atoms with Crippen LogP contribution < -0.4 is 5.32 Å². The maximum atomic E-state index is 13.3. The van der Waals surface area contributed by atoms with Crippen LogP contribution in [0.15, 0.2) is 59.5 Å². The van der Waals surface area contributed by atoms with E-state index in [0.29, 0.717) is 12.2 Å². The molecule has 6 nitrogen and oxygen atoms in total. The Labute approximate surface area is 189 Å². The van der Waals surface area contributed by atoms with Gasteiger partial charge in [0.1, 0.15) is 5.37 Å². The van der Waals surface area contributed by atoms with Gasteiger partial charge in [0.25, 0.3) is 0 Å². The zero-order valence-electron chi connectivity index (χ0n) is 18.1. The zero-order chi connectivity index (χ0) is 22.6. The van der Waals surface area contributed by atoms with E-state index in [2.05, 4.69) is 26.1 Å². The molecule has 2 aromatic carbocycles. The molecule has 2 unspecified atom stereocenters. The molecule has 1 saturated heterocycles. The van der Waals surface area contributed by atoms with Crippen molar-refractivity contribution in [3.05, 3.63) is 65.7 Å². The molecule has 0 aromatic heterocycles. The Morgan fingerprint density at radius 1 is 1.16 bits per heavy atom. The number of carbonyl (C=O) groups is 1. The average molecular weight is 463 g/mol. The number of sulfonamides is 1. The molecule has 3 rings (SSSR count). The summed E-state index contributed by atoms with van der Waals surface area (Å²) in [5.74, 6) is 0.188. The van der Waals surface area contributed by atoms with Gasteiger partial charge >= 0.3 is 0 Å². The molecule has 8 heteroatoms. The van der Waals surface area contributed by atoms with Crippen molar-refractivity contribution in [2.24, 2.45) is 0 Å². The third kappa shape index (κ3) is 5.49. The Hall–Kier alpha value is -1.87. The third-order valence-corrected chi connectivity index (χ3v) is 8.55. The fourth-order valence-corrected chi connectivity index (χ4v) is 6.63. The first kappa shape index (κ1) is 23.8. The molecule has 31 heavy (non-hydrogen) atoms. The minimum Gasteiger partial charge on any atom is -0.396 e. The monoisotopic (exact) mass is 462 g/mol. The van der Waals surface area contributed by atoms with Crippen LogP contribution in [0.4, 0.5) is 0 Å². The molecule has 0 spiro atoms. The first-order valence-corrected chi connectivity index (χ1v) is 12.8. The van der Waals surface area contributed by atoms with Crippen molar-refractivity contribution in [2.45, 2.75) is 48.9 Å². The molecule has 2 aromatic rings. The summed E-state index contributed by atoms with van der Waals surface area (Å²) in [5.41, 5.74) is 1.85. The van der Waals surface area contributed by atoms with E-state index in [9.17, 15) is 18.3 Å². The minimum atomic E-state index is -3.81. The minimum absolute atomic E-state index is 0.0760. The number of hydrogen-bond donors (Lipinski definition) is 2. The van der Waals surface area contributed by atoms with Gasteiger partial charge in [-0.3, -0.25) is 4.79 Å². The van der Waals surface area contributed by atoms with Crippen LogP contribution in [0.5, 0.6) is 0 Å². The van der Waals surface area contributed by atoms with Crippen LogP contribution in [0.2, 0.25) is 0 Å². The summed E-state index contributed by atoms with van der Waals surface area (Å²) in [5, 5.41) is 11.5. The van der Waals surface area contributed by atoms with Gasteiger partial charge in [-0.15, -0.1) is 11.8 Å². The summed E-state index contributed by atoms with van der Waals surface area (Å²) in [6.07, 6.45) is 0.355. The van der Waals surface area contributed by atoms with Gasteiger partial charge in [0.15, 0.2) is 0 Å². The van der Waals surface area contributed by atoms with Crippen LogP contribution in [0.25, 0.3) is 0 Å². The number of nitrogens with one attached hydrogen (secondary N) is 1. The van der Waals surface area contributed by atoms with Gasteiger partial charge in [0.2, 0.25) is 15.9 Å². The molecule has 0 radical (unpaired) electrons. The first-order valence-electron chi connectivity index (χ1n) is 10.3. The number of rotatable bonds is 7. The molecule has 0 aliphatic carbocycles. The van der Waals surface area contributed by atoms with Gasteiger partial charge in [-0.2, -0.15) is 4.31 Å². The smallest absolute Gasteiger partial charge is 0.249 e. The van der Waals surface area contributed by atoms with E-state index >= 15 is 0 Å². The quantitative estimate of drug-likeness (QED) is 0.659. The lowest BCUT2D eigenvalue weighted by Gasteiger charge is -2.26. The van der Waals surface area contributed by atoms with Crippen LogP contribution in [0.1, 0.15) is 44.4 Å². The summed E-state index contributed by atoms with van der Waals surface area (Å²) in [6.45, 7) is 6.42. The van der Waals surface area contributed by atoms with E-state index < -0.39 is 15.4 Å². The SMILES string of the molecule is CC(C)(C)c1ccc(S(=O)(=O)N2CCSC2C(=O)NC(CCO)c2ccccc2)cc1. The van der Waals surface area contributed by atoms with Gasteiger partial charge < -0.3 is 10.4 Å². The van der Waals surface area contributed by atoms with Crippen molar-refractivity contribution < 1.29 is 18.3 Å². The second kappa shape index (κ2) is 9.73. The van der Waals surface area contributed by atoms with Gasteiger partial charge in [-0.05, 0) is 35.1 Å². The van der Waals surface area contributed by atoms with Crippen molar-refractivity contribution in [2.75, 3.05) is 18.9 Å². The van der Waals surface area contributed by atoms with Crippen molar-refractivity contribution in [3.8, 4) is 0 Å². The fourth-order valence-electron chi connectivity index (χ4n) is 3.55. The standard InChI is InChI=1S/C23H30N2O4S2/c1-23(2,3)18-9-11-19(12-10-18)31(28,29)25-14-16-30-22(25)21(27)24-20(13-15-26)17-7-5-4-6-8-17/h4-12,20,22,26H,13-16H2,1-3H3,(H,24,27). The van der Waals surface area contributed by atoms with Gasteiger partial charge in [0, 0.05) is 18.9 Å². The maximum Gasteiger partial charge on any atom is 0.249 e. The van der Waals surface area contributed by atoms with Gasteiger partial charge in [-0.25, -0.2) is 8.42 Å². The van der Waals surface area contributed by atoms with Crippen molar-refractivity contribution in [1.82, 2.24) is 9.62 Å². The highest BCUT2D eigenvalue weighted by molar-refractivity contribution is 8.02. The van der Waals surface area contributed by atoms with Crippen LogP contribution in [0.3, 0.4) is 0 Å². The van der Waals surface area contributed by atoms with Crippen LogP contribution in [-0.4, -0.2) is 48.0 Å². The molecule has 2 atom stereocenters. The number of hydrogen-bond acceptors (Lipinski definition) is 5. The fraction of sp³-hybridized carbons (Fsp3) is 0.435. The highest BCUT2D eigenvalue weighted by atomic mass is 32.2. The number of aliphatic hydroxyl groups is 1. The Balaban J connectivity index is 1.80. The molecular formula is C23H30N2O4S2. The molecule has 168 valence electrons. The van der Waals surface area contributed by atoms with Gasteiger partial charge in [-0.1, -0.05) is 63.2 Å². The Kier molecular flexibility index (Phi) is 7.47.